The van der Waals surface area contributed by atoms with Crippen LogP contribution in [0.25, 0.3) is 0 Å². The predicted molar refractivity (Wildman–Crippen MR) is 60.2 cm³/mol. The van der Waals surface area contributed by atoms with Crippen LogP contribution in [0.3, 0.4) is 0 Å². The molecule has 15 heavy (non-hydrogen) atoms. The Kier molecular flexibility index (Phi) is 4.96. The van der Waals surface area contributed by atoms with Gasteiger partial charge in [-0.3, -0.25) is 0 Å². The van der Waals surface area contributed by atoms with Crippen molar-refractivity contribution in [1.29, 1.82) is 5.26 Å². The van der Waals surface area contributed by atoms with E-state index >= 15 is 0 Å². The number of nitriles is 1. The summed E-state index contributed by atoms with van der Waals surface area (Å²) in [5.41, 5.74) is 1.05. The van der Waals surface area contributed by atoms with Gasteiger partial charge in [-0.15, -0.1) is 0 Å². The van der Waals surface area contributed by atoms with Gasteiger partial charge in [0.25, 0.3) is 0 Å². The first-order chi connectivity index (χ1) is 7.27. The van der Waals surface area contributed by atoms with Gasteiger partial charge in [0.05, 0.1) is 19.7 Å². The molecule has 0 spiro atoms. The molecule has 1 N–H and O–H groups in total. The lowest BCUT2D eigenvalue weighted by atomic mass is 10.1. The van der Waals surface area contributed by atoms with E-state index in [4.69, 9.17) is 21.6 Å². The molecule has 1 rings (SSSR count). The minimum atomic E-state index is 0.364. The Bertz CT molecular complexity index is 360. The van der Waals surface area contributed by atoms with E-state index in [1.807, 2.05) is 18.2 Å². The Morgan fingerprint density at radius 3 is 3.00 bits per heavy atom. The molecule has 0 saturated carbocycles. The number of hydrogen-bond acceptors (Lipinski definition) is 3. The lowest BCUT2D eigenvalue weighted by Crippen LogP contribution is -2.17. The fourth-order valence-corrected chi connectivity index (χ4v) is 1.50. The average molecular weight is 225 g/mol. The Morgan fingerprint density at radius 2 is 2.33 bits per heavy atom. The van der Waals surface area contributed by atoms with E-state index < -0.39 is 0 Å². The van der Waals surface area contributed by atoms with Crippen molar-refractivity contribution in [2.75, 3.05) is 20.2 Å². The zero-order valence-corrected chi connectivity index (χ0v) is 9.34. The molecule has 0 heterocycles. The van der Waals surface area contributed by atoms with Crippen LogP contribution >= 0.6 is 11.6 Å². The van der Waals surface area contributed by atoms with Crippen molar-refractivity contribution < 1.29 is 4.74 Å². The zero-order valence-electron chi connectivity index (χ0n) is 8.59. The standard InChI is InChI=1S/C11H13ClN2O/c1-15-11-3-2-10(12)8-9(11)4-6-14-7-5-13/h2-3,8,14H,4,6-7H2,1H3. The van der Waals surface area contributed by atoms with Crippen molar-refractivity contribution >= 4 is 11.6 Å². The fourth-order valence-electron chi connectivity index (χ4n) is 1.31. The molecule has 1 aromatic carbocycles. The first-order valence-electron chi connectivity index (χ1n) is 4.68. The van der Waals surface area contributed by atoms with Crippen LogP contribution in [0.4, 0.5) is 0 Å². The quantitative estimate of drug-likeness (QED) is 0.615. The van der Waals surface area contributed by atoms with E-state index in [0.717, 1.165) is 24.3 Å². The Morgan fingerprint density at radius 1 is 1.53 bits per heavy atom. The van der Waals surface area contributed by atoms with Gasteiger partial charge in [0.1, 0.15) is 5.75 Å². The Balaban J connectivity index is 2.58. The lowest BCUT2D eigenvalue weighted by molar-refractivity contribution is 0.409. The first-order valence-corrected chi connectivity index (χ1v) is 5.06. The topological polar surface area (TPSA) is 45.0 Å². The third-order valence-corrected chi connectivity index (χ3v) is 2.25. The summed E-state index contributed by atoms with van der Waals surface area (Å²) in [5.74, 6) is 0.832. The van der Waals surface area contributed by atoms with E-state index in [1.54, 1.807) is 13.2 Å². The molecule has 0 radical (unpaired) electrons. The number of benzene rings is 1. The van der Waals surface area contributed by atoms with Crippen LogP contribution in [0.5, 0.6) is 5.75 Å². The highest BCUT2D eigenvalue weighted by atomic mass is 35.5. The molecule has 0 atom stereocenters. The normalized spacial score (nSPS) is 9.67. The molecule has 0 aliphatic heterocycles. The number of ether oxygens (including phenoxy) is 1. The van der Waals surface area contributed by atoms with E-state index in [-0.39, 0.29) is 0 Å². The molecule has 3 nitrogen and oxygen atoms in total. The smallest absolute Gasteiger partial charge is 0.122 e. The lowest BCUT2D eigenvalue weighted by Gasteiger charge is -2.08. The fraction of sp³-hybridized carbons (Fsp3) is 0.364. The van der Waals surface area contributed by atoms with Gasteiger partial charge < -0.3 is 10.1 Å². The SMILES string of the molecule is COc1ccc(Cl)cc1CCNCC#N. The van der Waals surface area contributed by atoms with Gasteiger partial charge in [-0.05, 0) is 30.2 Å². The summed E-state index contributed by atoms with van der Waals surface area (Å²) >= 11 is 5.89. The minimum Gasteiger partial charge on any atom is -0.496 e. The summed E-state index contributed by atoms with van der Waals surface area (Å²) in [6.45, 7) is 1.10. The molecule has 0 bridgehead atoms. The van der Waals surface area contributed by atoms with E-state index in [9.17, 15) is 0 Å². The largest absolute Gasteiger partial charge is 0.496 e. The molecule has 0 aliphatic carbocycles. The highest BCUT2D eigenvalue weighted by Gasteiger charge is 2.02. The third kappa shape index (κ3) is 3.78. The van der Waals surface area contributed by atoms with Gasteiger partial charge in [-0.1, -0.05) is 11.6 Å². The van der Waals surface area contributed by atoms with Crippen LogP contribution in [0.1, 0.15) is 5.56 Å². The molecule has 0 amide bonds. The molecule has 0 saturated heterocycles. The van der Waals surface area contributed by atoms with Gasteiger partial charge in [0, 0.05) is 11.6 Å². The second-order valence-electron chi connectivity index (χ2n) is 3.04. The maximum Gasteiger partial charge on any atom is 0.122 e. The summed E-state index contributed by atoms with van der Waals surface area (Å²) < 4.78 is 5.21. The number of halogens is 1. The molecular formula is C11H13ClN2O. The van der Waals surface area contributed by atoms with Crippen LogP contribution in [-0.2, 0) is 6.42 Å². The number of nitrogens with one attached hydrogen (secondary N) is 1. The Labute approximate surface area is 94.6 Å². The van der Waals surface area contributed by atoms with Crippen LogP contribution in [-0.4, -0.2) is 20.2 Å². The van der Waals surface area contributed by atoms with Crippen LogP contribution in [0.2, 0.25) is 5.02 Å². The molecular weight excluding hydrogens is 212 g/mol. The third-order valence-electron chi connectivity index (χ3n) is 2.02. The number of hydrogen-bond donors (Lipinski definition) is 1. The molecule has 0 unspecified atom stereocenters. The second kappa shape index (κ2) is 6.28. The van der Waals surface area contributed by atoms with E-state index in [0.29, 0.717) is 11.6 Å². The van der Waals surface area contributed by atoms with Crippen LogP contribution < -0.4 is 10.1 Å². The van der Waals surface area contributed by atoms with Crippen LogP contribution in [0, 0.1) is 11.3 Å². The molecule has 0 aliphatic rings. The highest BCUT2D eigenvalue weighted by Crippen LogP contribution is 2.22. The maximum atomic E-state index is 8.35. The molecule has 0 aromatic heterocycles. The number of methoxy groups -OCH3 is 1. The highest BCUT2D eigenvalue weighted by molar-refractivity contribution is 6.30. The van der Waals surface area contributed by atoms with Gasteiger partial charge in [-0.25, -0.2) is 0 Å². The Hall–Kier alpha value is -1.24. The minimum absolute atomic E-state index is 0.364. The molecule has 0 fully saturated rings. The zero-order chi connectivity index (χ0) is 11.1. The second-order valence-corrected chi connectivity index (χ2v) is 3.48. The van der Waals surface area contributed by atoms with Crippen molar-refractivity contribution in [3.05, 3.63) is 28.8 Å². The number of nitrogens with zero attached hydrogens (tertiary/aromatic N) is 1. The average Bonchev–Trinajstić information content (AvgIpc) is 2.25. The summed E-state index contributed by atoms with van der Waals surface area (Å²) in [7, 11) is 1.63. The van der Waals surface area contributed by atoms with Crippen LogP contribution in [0.15, 0.2) is 18.2 Å². The van der Waals surface area contributed by atoms with Crippen molar-refractivity contribution in [2.45, 2.75) is 6.42 Å². The van der Waals surface area contributed by atoms with Gasteiger partial charge in [0.15, 0.2) is 0 Å². The van der Waals surface area contributed by atoms with E-state index in [2.05, 4.69) is 5.32 Å². The van der Waals surface area contributed by atoms with Crippen molar-refractivity contribution in [3.8, 4) is 11.8 Å². The van der Waals surface area contributed by atoms with Crippen molar-refractivity contribution in [2.24, 2.45) is 0 Å². The maximum absolute atomic E-state index is 8.35. The predicted octanol–water partition coefficient (Wildman–Crippen LogP) is 2.00. The van der Waals surface area contributed by atoms with E-state index in [1.165, 1.54) is 0 Å². The summed E-state index contributed by atoms with van der Waals surface area (Å²) in [4.78, 5) is 0. The first kappa shape index (κ1) is 11.8. The molecule has 4 heteroatoms. The van der Waals surface area contributed by atoms with Crippen molar-refractivity contribution in [3.63, 3.8) is 0 Å². The van der Waals surface area contributed by atoms with Gasteiger partial charge in [-0.2, -0.15) is 5.26 Å². The molecule has 80 valence electrons. The summed E-state index contributed by atoms with van der Waals surface area (Å²) in [5, 5.41) is 12.0. The number of rotatable bonds is 5. The summed E-state index contributed by atoms with van der Waals surface area (Å²) in [6, 6.07) is 7.56. The summed E-state index contributed by atoms with van der Waals surface area (Å²) in [6.07, 6.45) is 0.797. The van der Waals surface area contributed by atoms with Gasteiger partial charge >= 0.3 is 0 Å². The monoisotopic (exact) mass is 224 g/mol. The van der Waals surface area contributed by atoms with Crippen molar-refractivity contribution in [1.82, 2.24) is 5.32 Å². The van der Waals surface area contributed by atoms with Gasteiger partial charge in [0.2, 0.25) is 0 Å². The molecule has 1 aromatic rings.